The molecule has 0 saturated carbocycles. The van der Waals surface area contributed by atoms with Gasteiger partial charge in [-0.15, -0.1) is 0 Å². The molecule has 8 heteroatoms. The van der Waals surface area contributed by atoms with E-state index >= 15 is 0 Å². The van der Waals surface area contributed by atoms with Gasteiger partial charge >= 0.3 is 0 Å². The van der Waals surface area contributed by atoms with E-state index in [9.17, 15) is 13.2 Å². The van der Waals surface area contributed by atoms with Gasteiger partial charge in [0.1, 0.15) is 5.69 Å². The molecule has 1 amide bonds. The van der Waals surface area contributed by atoms with Gasteiger partial charge < -0.3 is 10.2 Å². The summed E-state index contributed by atoms with van der Waals surface area (Å²) in [7, 11) is -1.24. The predicted molar refractivity (Wildman–Crippen MR) is 106 cm³/mol. The smallest absolute Gasteiger partial charge is 0.274 e. The van der Waals surface area contributed by atoms with Crippen molar-refractivity contribution in [3.05, 3.63) is 46.8 Å². The van der Waals surface area contributed by atoms with Gasteiger partial charge in [0.25, 0.3) is 5.91 Å². The van der Waals surface area contributed by atoms with Gasteiger partial charge in [-0.1, -0.05) is 17.7 Å². The largest absolute Gasteiger partial charge is 0.340 e. The van der Waals surface area contributed by atoms with Crippen molar-refractivity contribution in [2.75, 3.05) is 28.8 Å². The second-order valence-electron chi connectivity index (χ2n) is 7.13. The zero-order valence-electron chi connectivity index (χ0n) is 16.0. The van der Waals surface area contributed by atoms with Crippen LogP contribution in [-0.2, 0) is 9.84 Å². The first kappa shape index (κ1) is 19.3. The number of amides is 1. The molecule has 1 aromatic carbocycles. The van der Waals surface area contributed by atoms with Gasteiger partial charge in [0, 0.05) is 24.5 Å². The van der Waals surface area contributed by atoms with Crippen LogP contribution in [0.5, 0.6) is 0 Å². The minimum atomic E-state index is -3.01. The maximum Gasteiger partial charge on any atom is 0.274 e. The molecule has 0 spiro atoms. The van der Waals surface area contributed by atoms with Crippen LogP contribution in [0.25, 0.3) is 0 Å². The number of carbonyl (C=O) groups is 1. The monoisotopic (exact) mass is 388 g/mol. The number of aromatic nitrogens is 2. The van der Waals surface area contributed by atoms with Gasteiger partial charge in [-0.2, -0.15) is 0 Å². The number of anilines is 2. The summed E-state index contributed by atoms with van der Waals surface area (Å²) in [5.41, 5.74) is 3.74. The molecule has 1 aliphatic rings. The zero-order valence-corrected chi connectivity index (χ0v) is 16.8. The highest BCUT2D eigenvalue weighted by molar-refractivity contribution is 7.91. The molecule has 1 fully saturated rings. The molecule has 1 unspecified atom stereocenters. The third-order valence-electron chi connectivity index (χ3n) is 4.78. The van der Waals surface area contributed by atoms with E-state index in [2.05, 4.69) is 15.3 Å². The summed E-state index contributed by atoms with van der Waals surface area (Å²) in [6.45, 7) is 5.73. The van der Waals surface area contributed by atoms with Crippen LogP contribution >= 0.6 is 0 Å². The Morgan fingerprint density at radius 1 is 1.19 bits per heavy atom. The number of benzene rings is 1. The van der Waals surface area contributed by atoms with Crippen molar-refractivity contribution < 1.29 is 13.2 Å². The molecular formula is C19H24N4O3S. The van der Waals surface area contributed by atoms with Crippen molar-refractivity contribution in [1.29, 1.82) is 0 Å². The summed E-state index contributed by atoms with van der Waals surface area (Å²) in [5.74, 6) is 0.308. The van der Waals surface area contributed by atoms with E-state index in [1.165, 1.54) is 0 Å². The van der Waals surface area contributed by atoms with Crippen molar-refractivity contribution >= 4 is 27.4 Å². The Morgan fingerprint density at radius 2 is 1.93 bits per heavy atom. The second-order valence-corrected chi connectivity index (χ2v) is 9.36. The fourth-order valence-electron chi connectivity index (χ4n) is 3.21. The van der Waals surface area contributed by atoms with Crippen molar-refractivity contribution in [3.8, 4) is 0 Å². The topological polar surface area (TPSA) is 92.3 Å². The van der Waals surface area contributed by atoms with Gasteiger partial charge in [0.2, 0.25) is 5.95 Å². The number of hydrogen-bond donors (Lipinski definition) is 1. The maximum atomic E-state index is 12.7. The quantitative estimate of drug-likeness (QED) is 0.864. The molecule has 2 heterocycles. The Morgan fingerprint density at radius 3 is 2.56 bits per heavy atom. The number of sulfone groups is 1. The Bertz CT molecular complexity index is 988. The first-order valence-electron chi connectivity index (χ1n) is 8.82. The molecule has 0 bridgehead atoms. The molecule has 144 valence electrons. The Hall–Kier alpha value is -2.48. The van der Waals surface area contributed by atoms with Crippen LogP contribution in [0.4, 0.5) is 11.6 Å². The van der Waals surface area contributed by atoms with Gasteiger partial charge in [-0.3, -0.25) is 4.79 Å². The lowest BCUT2D eigenvalue weighted by molar-refractivity contribution is 0.102. The molecule has 7 nitrogen and oxygen atoms in total. The van der Waals surface area contributed by atoms with E-state index < -0.39 is 9.84 Å². The van der Waals surface area contributed by atoms with Crippen molar-refractivity contribution in [1.82, 2.24) is 9.97 Å². The number of carbonyl (C=O) groups excluding carboxylic acids is 1. The second kappa shape index (κ2) is 7.26. The van der Waals surface area contributed by atoms with E-state index in [0.29, 0.717) is 18.1 Å². The fraction of sp³-hybridized carbons (Fsp3) is 0.421. The van der Waals surface area contributed by atoms with Gasteiger partial charge in [0.05, 0.1) is 11.5 Å². The van der Waals surface area contributed by atoms with Crippen LogP contribution in [0.15, 0.2) is 24.3 Å². The van der Waals surface area contributed by atoms with Crippen LogP contribution in [0.2, 0.25) is 0 Å². The standard InChI is InChI=1S/C19H24N4O3S/c1-12-5-6-16(13(2)9-12)21-18(24)17-10-14(3)20-19(22-17)23(4)15-7-8-27(25,26)11-15/h5-6,9-10,15H,7-8,11H2,1-4H3,(H,21,24). The first-order chi connectivity index (χ1) is 12.6. The van der Waals surface area contributed by atoms with Gasteiger partial charge in [-0.05, 0) is 44.9 Å². The number of hydrogen-bond acceptors (Lipinski definition) is 6. The molecule has 0 radical (unpaired) electrons. The van der Waals surface area contributed by atoms with Crippen LogP contribution in [-0.4, -0.2) is 48.9 Å². The normalized spacial score (nSPS) is 18.3. The van der Waals surface area contributed by atoms with E-state index in [4.69, 9.17) is 0 Å². The number of rotatable bonds is 4. The van der Waals surface area contributed by atoms with Crippen molar-refractivity contribution in [2.45, 2.75) is 33.2 Å². The average Bonchev–Trinajstić information content (AvgIpc) is 2.96. The third kappa shape index (κ3) is 4.44. The first-order valence-corrected chi connectivity index (χ1v) is 10.6. The highest BCUT2D eigenvalue weighted by atomic mass is 32.2. The van der Waals surface area contributed by atoms with Crippen LogP contribution < -0.4 is 10.2 Å². The highest BCUT2D eigenvalue weighted by Gasteiger charge is 2.32. The van der Waals surface area contributed by atoms with E-state index in [1.54, 1.807) is 24.9 Å². The van der Waals surface area contributed by atoms with Crippen LogP contribution in [0.3, 0.4) is 0 Å². The SMILES string of the molecule is Cc1ccc(NC(=O)c2cc(C)nc(N(C)C3CCS(=O)(=O)C3)n2)c(C)c1. The molecule has 27 heavy (non-hydrogen) atoms. The number of nitrogens with zero attached hydrogens (tertiary/aromatic N) is 3. The summed E-state index contributed by atoms with van der Waals surface area (Å²) in [6, 6.07) is 7.26. The predicted octanol–water partition coefficient (Wildman–Crippen LogP) is 2.28. The molecule has 1 aromatic heterocycles. The fourth-order valence-corrected chi connectivity index (χ4v) is 4.99. The van der Waals surface area contributed by atoms with Crippen LogP contribution in [0.1, 0.15) is 33.7 Å². The molecule has 2 aromatic rings. The lowest BCUT2D eigenvalue weighted by atomic mass is 10.1. The van der Waals surface area contributed by atoms with Gasteiger partial charge in [0.15, 0.2) is 9.84 Å². The summed E-state index contributed by atoms with van der Waals surface area (Å²) in [6.07, 6.45) is 0.542. The molecule has 1 atom stereocenters. The van der Waals surface area contributed by atoms with E-state index in [-0.39, 0.29) is 29.1 Å². The van der Waals surface area contributed by atoms with Gasteiger partial charge in [-0.25, -0.2) is 18.4 Å². The lowest BCUT2D eigenvalue weighted by Gasteiger charge is -2.24. The molecule has 3 rings (SSSR count). The Kier molecular flexibility index (Phi) is 5.19. The molecule has 1 N–H and O–H groups in total. The highest BCUT2D eigenvalue weighted by Crippen LogP contribution is 2.22. The summed E-state index contributed by atoms with van der Waals surface area (Å²) in [5, 5.41) is 2.89. The minimum absolute atomic E-state index is 0.0882. The molecule has 1 saturated heterocycles. The zero-order chi connectivity index (χ0) is 19.8. The summed E-state index contributed by atoms with van der Waals surface area (Å²) in [4.78, 5) is 23.2. The summed E-state index contributed by atoms with van der Waals surface area (Å²) >= 11 is 0. The van der Waals surface area contributed by atoms with Crippen molar-refractivity contribution in [2.24, 2.45) is 0 Å². The van der Waals surface area contributed by atoms with E-state index in [0.717, 1.165) is 16.8 Å². The number of nitrogens with one attached hydrogen (secondary N) is 1. The Balaban J connectivity index is 1.83. The minimum Gasteiger partial charge on any atom is -0.340 e. The van der Waals surface area contributed by atoms with Crippen LogP contribution in [0, 0.1) is 20.8 Å². The Labute approximate surface area is 159 Å². The third-order valence-corrected chi connectivity index (χ3v) is 6.53. The maximum absolute atomic E-state index is 12.7. The average molecular weight is 388 g/mol. The molecule has 0 aliphatic carbocycles. The summed E-state index contributed by atoms with van der Waals surface area (Å²) < 4.78 is 23.5. The lowest BCUT2D eigenvalue weighted by Crippen LogP contribution is -2.34. The molecular weight excluding hydrogens is 364 g/mol. The van der Waals surface area contributed by atoms with E-state index in [1.807, 2.05) is 32.0 Å². The van der Waals surface area contributed by atoms with Crippen molar-refractivity contribution in [3.63, 3.8) is 0 Å². The number of aryl methyl sites for hydroxylation is 3. The molecule has 1 aliphatic heterocycles.